The Labute approximate surface area is 175 Å². The summed E-state index contributed by atoms with van der Waals surface area (Å²) in [5.74, 6) is -1.21. The van der Waals surface area contributed by atoms with Gasteiger partial charge >= 0.3 is 6.18 Å². The number of benzene rings is 3. The van der Waals surface area contributed by atoms with Crippen LogP contribution in [0.4, 0.5) is 24.5 Å². The maximum absolute atomic E-state index is 13.9. The highest BCUT2D eigenvalue weighted by Crippen LogP contribution is 2.49. The first-order valence-corrected chi connectivity index (χ1v) is 9.57. The molecule has 5 nitrogen and oxygen atoms in total. The summed E-state index contributed by atoms with van der Waals surface area (Å²) in [5, 5.41) is 5.65. The van der Waals surface area contributed by atoms with E-state index in [0.717, 1.165) is 11.0 Å². The number of carbonyl (C=O) groups excluding carboxylic acids is 2. The summed E-state index contributed by atoms with van der Waals surface area (Å²) in [6, 6.07) is 18.9. The summed E-state index contributed by atoms with van der Waals surface area (Å²) in [5.41, 5.74) is -1.58. The van der Waals surface area contributed by atoms with Crippen LogP contribution in [0.2, 0.25) is 0 Å². The van der Waals surface area contributed by atoms with E-state index in [-0.39, 0.29) is 17.8 Å². The number of para-hydroxylation sites is 2. The van der Waals surface area contributed by atoms with Crippen molar-refractivity contribution in [3.63, 3.8) is 0 Å². The van der Waals surface area contributed by atoms with E-state index < -0.39 is 29.2 Å². The molecular weight excluding hydrogens is 407 g/mol. The van der Waals surface area contributed by atoms with E-state index in [1.165, 1.54) is 12.1 Å². The maximum atomic E-state index is 13.9. The Morgan fingerprint density at radius 3 is 2.29 bits per heavy atom. The van der Waals surface area contributed by atoms with E-state index in [4.69, 9.17) is 0 Å². The number of hydrogen-bond acceptors (Lipinski definition) is 3. The van der Waals surface area contributed by atoms with Gasteiger partial charge in [-0.05, 0) is 23.8 Å². The van der Waals surface area contributed by atoms with Gasteiger partial charge in [0.05, 0.1) is 23.4 Å². The molecule has 0 radical (unpaired) electrons. The van der Waals surface area contributed by atoms with E-state index in [9.17, 15) is 22.8 Å². The molecule has 0 saturated carbocycles. The molecule has 0 aromatic heterocycles. The SMILES string of the molecule is O=C1N[C@@]2(Nc3ccccc31)C(=O)N(Cc1ccccc1)c1c(C(F)(F)F)cccc12. The number of nitrogens with zero attached hydrogens (tertiary/aromatic N) is 1. The molecule has 2 aliphatic rings. The van der Waals surface area contributed by atoms with Crippen LogP contribution in [0.25, 0.3) is 0 Å². The maximum Gasteiger partial charge on any atom is 0.418 e. The van der Waals surface area contributed by atoms with Crippen LogP contribution in [0.5, 0.6) is 0 Å². The molecule has 156 valence electrons. The molecule has 0 fully saturated rings. The third-order valence-electron chi connectivity index (χ3n) is 5.56. The van der Waals surface area contributed by atoms with Crippen molar-refractivity contribution in [3.05, 3.63) is 95.1 Å². The van der Waals surface area contributed by atoms with Crippen molar-refractivity contribution in [1.29, 1.82) is 0 Å². The molecule has 3 aromatic rings. The molecule has 0 unspecified atom stereocenters. The number of nitrogens with one attached hydrogen (secondary N) is 2. The Bertz CT molecular complexity index is 1210. The Morgan fingerprint density at radius 2 is 1.55 bits per heavy atom. The molecule has 2 N–H and O–H groups in total. The Morgan fingerprint density at radius 1 is 0.839 bits per heavy atom. The predicted molar refractivity (Wildman–Crippen MR) is 108 cm³/mol. The van der Waals surface area contributed by atoms with Crippen LogP contribution in [0, 0.1) is 0 Å². The van der Waals surface area contributed by atoms with Crippen LogP contribution in [0.3, 0.4) is 0 Å². The van der Waals surface area contributed by atoms with Crippen molar-refractivity contribution in [3.8, 4) is 0 Å². The van der Waals surface area contributed by atoms with E-state index >= 15 is 0 Å². The topological polar surface area (TPSA) is 61.4 Å². The zero-order valence-corrected chi connectivity index (χ0v) is 16.0. The lowest BCUT2D eigenvalue weighted by atomic mass is 9.94. The smallest absolute Gasteiger partial charge is 0.350 e. The van der Waals surface area contributed by atoms with Crippen molar-refractivity contribution in [2.75, 3.05) is 10.2 Å². The fourth-order valence-electron chi connectivity index (χ4n) is 4.20. The summed E-state index contributed by atoms with van der Waals surface area (Å²) >= 11 is 0. The van der Waals surface area contributed by atoms with E-state index in [0.29, 0.717) is 16.8 Å². The second-order valence-electron chi connectivity index (χ2n) is 7.45. The second kappa shape index (κ2) is 6.60. The van der Waals surface area contributed by atoms with Crippen molar-refractivity contribution in [2.45, 2.75) is 18.4 Å². The second-order valence-corrected chi connectivity index (χ2v) is 7.45. The lowest BCUT2D eigenvalue weighted by Gasteiger charge is -2.36. The van der Waals surface area contributed by atoms with Gasteiger partial charge in [-0.15, -0.1) is 0 Å². The fraction of sp³-hybridized carbons (Fsp3) is 0.130. The van der Waals surface area contributed by atoms with Crippen LogP contribution in [0.1, 0.15) is 27.0 Å². The molecule has 2 heterocycles. The molecule has 8 heteroatoms. The molecule has 3 aromatic carbocycles. The largest absolute Gasteiger partial charge is 0.418 e. The van der Waals surface area contributed by atoms with Gasteiger partial charge < -0.3 is 15.5 Å². The van der Waals surface area contributed by atoms with Crippen LogP contribution >= 0.6 is 0 Å². The van der Waals surface area contributed by atoms with Crippen molar-refractivity contribution in [2.24, 2.45) is 0 Å². The van der Waals surface area contributed by atoms with Crippen LogP contribution in [-0.4, -0.2) is 11.8 Å². The lowest BCUT2D eigenvalue weighted by Crippen LogP contribution is -2.60. The Kier molecular flexibility index (Phi) is 4.08. The van der Waals surface area contributed by atoms with Crippen LogP contribution in [-0.2, 0) is 23.2 Å². The van der Waals surface area contributed by atoms with Crippen molar-refractivity contribution < 1.29 is 22.8 Å². The summed E-state index contributed by atoms with van der Waals surface area (Å²) in [6.45, 7) is -0.0687. The van der Waals surface area contributed by atoms with Gasteiger partial charge in [0.25, 0.3) is 11.8 Å². The number of carbonyl (C=O) groups is 2. The van der Waals surface area contributed by atoms with Gasteiger partial charge in [0.2, 0.25) is 5.66 Å². The third kappa shape index (κ3) is 2.86. The average Bonchev–Trinajstić information content (AvgIpc) is 2.96. The molecule has 1 atom stereocenters. The highest BCUT2D eigenvalue weighted by atomic mass is 19.4. The minimum atomic E-state index is -4.68. The highest BCUT2D eigenvalue weighted by Gasteiger charge is 2.57. The van der Waals surface area contributed by atoms with E-state index in [1.807, 2.05) is 0 Å². The first-order chi connectivity index (χ1) is 14.8. The van der Waals surface area contributed by atoms with Gasteiger partial charge in [-0.1, -0.05) is 54.6 Å². The third-order valence-corrected chi connectivity index (χ3v) is 5.56. The molecule has 0 saturated heterocycles. The summed E-state index contributed by atoms with van der Waals surface area (Å²) < 4.78 is 41.7. The van der Waals surface area contributed by atoms with Gasteiger partial charge in [-0.3, -0.25) is 9.59 Å². The quantitative estimate of drug-likeness (QED) is 0.648. The number of hydrogen-bond donors (Lipinski definition) is 2. The van der Waals surface area contributed by atoms with Gasteiger partial charge in [0, 0.05) is 11.3 Å². The first kappa shape index (κ1) is 19.2. The zero-order chi connectivity index (χ0) is 21.8. The van der Waals surface area contributed by atoms with Crippen LogP contribution < -0.4 is 15.5 Å². The summed E-state index contributed by atoms with van der Waals surface area (Å²) in [7, 11) is 0. The minimum Gasteiger partial charge on any atom is -0.350 e. The molecular formula is C23H16F3N3O2. The van der Waals surface area contributed by atoms with Gasteiger partial charge in [-0.25, -0.2) is 0 Å². The van der Waals surface area contributed by atoms with Crippen LogP contribution in [0.15, 0.2) is 72.8 Å². The molecule has 2 aliphatic heterocycles. The Balaban J connectivity index is 1.71. The van der Waals surface area contributed by atoms with Gasteiger partial charge in [0.15, 0.2) is 0 Å². The summed E-state index contributed by atoms with van der Waals surface area (Å²) in [6.07, 6.45) is -4.68. The fourth-order valence-corrected chi connectivity index (χ4v) is 4.20. The molecule has 31 heavy (non-hydrogen) atoms. The molecule has 1 spiro atoms. The molecule has 0 bridgehead atoms. The first-order valence-electron chi connectivity index (χ1n) is 9.57. The minimum absolute atomic E-state index is 0.0612. The van der Waals surface area contributed by atoms with Gasteiger partial charge in [0.1, 0.15) is 0 Å². The van der Waals surface area contributed by atoms with Crippen molar-refractivity contribution in [1.82, 2.24) is 5.32 Å². The monoisotopic (exact) mass is 423 g/mol. The van der Waals surface area contributed by atoms with E-state index in [1.54, 1.807) is 54.6 Å². The van der Waals surface area contributed by atoms with Crippen molar-refractivity contribution >= 4 is 23.2 Å². The lowest BCUT2D eigenvalue weighted by molar-refractivity contribution is -0.137. The Hall–Kier alpha value is -3.81. The normalized spacial score (nSPS) is 19.6. The number of alkyl halides is 3. The molecule has 0 aliphatic carbocycles. The number of anilines is 2. The number of amides is 2. The zero-order valence-electron chi connectivity index (χ0n) is 16.0. The standard InChI is InChI=1S/C23H16F3N3O2/c24-23(25,26)17-11-6-10-16-19(17)29(13-14-7-2-1-3-8-14)21(31)22(16)27-18-12-5-4-9-15(18)20(30)28-22/h1-12,27H,13H2,(H,28,30)/t22-/m1/s1. The van der Waals surface area contributed by atoms with Gasteiger partial charge in [-0.2, -0.15) is 13.2 Å². The highest BCUT2D eigenvalue weighted by molar-refractivity contribution is 6.15. The molecule has 2 amide bonds. The predicted octanol–water partition coefficient (Wildman–Crippen LogP) is 4.26. The number of fused-ring (bicyclic) bond motifs is 3. The number of halogens is 3. The average molecular weight is 423 g/mol. The number of rotatable bonds is 2. The van der Waals surface area contributed by atoms with E-state index in [2.05, 4.69) is 10.6 Å². The summed E-state index contributed by atoms with van der Waals surface area (Å²) in [4.78, 5) is 27.6. The molecule has 5 rings (SSSR count).